The van der Waals surface area contributed by atoms with Crippen LogP contribution in [0.15, 0.2) is 18.2 Å². The van der Waals surface area contributed by atoms with Gasteiger partial charge in [0.05, 0.1) is 19.4 Å². The number of H-pyrrole nitrogens is 1. The molecule has 8 nitrogen and oxygen atoms in total. The molecule has 152 valence electrons. The summed E-state index contributed by atoms with van der Waals surface area (Å²) in [7, 11) is 1.57. The molecule has 1 saturated heterocycles. The fraction of sp³-hybridized carbons (Fsp3) is 0.500. The number of aromatic nitrogens is 1. The lowest BCUT2D eigenvalue weighted by Gasteiger charge is -2.31. The average molecular weight is 390 g/mol. The Morgan fingerprint density at radius 2 is 2.00 bits per heavy atom. The van der Waals surface area contributed by atoms with Crippen molar-refractivity contribution in [3.05, 3.63) is 23.9 Å². The van der Waals surface area contributed by atoms with E-state index in [-0.39, 0.29) is 30.4 Å². The lowest BCUT2D eigenvalue weighted by molar-refractivity contribution is -0.907. The number of amides is 1. The Hall–Kier alpha value is -2.58. The zero-order chi connectivity index (χ0) is 20.3. The van der Waals surface area contributed by atoms with Gasteiger partial charge in [-0.15, -0.1) is 0 Å². The highest BCUT2D eigenvalue weighted by Crippen LogP contribution is 2.31. The van der Waals surface area contributed by atoms with E-state index in [1.807, 2.05) is 19.9 Å². The number of morpholine rings is 1. The third-order valence-corrected chi connectivity index (χ3v) is 4.78. The van der Waals surface area contributed by atoms with E-state index in [4.69, 9.17) is 14.2 Å². The minimum absolute atomic E-state index is 0.110. The fourth-order valence-electron chi connectivity index (χ4n) is 3.73. The first kappa shape index (κ1) is 20.2. The van der Waals surface area contributed by atoms with Gasteiger partial charge in [0, 0.05) is 10.9 Å². The SMILES string of the molecule is CCOC(=O)c1[nH]c2ccc(OC)cc2c1NC(=O)C[NH+]1C[C@H](C)O[C@@H](C)C1. The second-order valence-electron chi connectivity index (χ2n) is 7.15. The molecule has 1 fully saturated rings. The van der Waals surface area contributed by atoms with E-state index in [1.54, 1.807) is 26.2 Å². The number of ether oxygens (including phenoxy) is 3. The first-order valence-electron chi connectivity index (χ1n) is 9.57. The van der Waals surface area contributed by atoms with Crippen molar-refractivity contribution in [2.24, 2.45) is 0 Å². The molecule has 0 saturated carbocycles. The summed E-state index contributed by atoms with van der Waals surface area (Å²) in [4.78, 5) is 29.3. The second-order valence-corrected chi connectivity index (χ2v) is 7.15. The van der Waals surface area contributed by atoms with Gasteiger partial charge in [-0.05, 0) is 39.0 Å². The maximum atomic E-state index is 12.8. The monoisotopic (exact) mass is 390 g/mol. The number of hydrogen-bond acceptors (Lipinski definition) is 5. The molecule has 0 bridgehead atoms. The first-order valence-corrected chi connectivity index (χ1v) is 9.57. The highest BCUT2D eigenvalue weighted by molar-refractivity contribution is 6.11. The lowest BCUT2D eigenvalue weighted by Crippen LogP contribution is -3.16. The van der Waals surface area contributed by atoms with Crippen LogP contribution >= 0.6 is 0 Å². The number of rotatable bonds is 6. The number of carbonyl (C=O) groups is 2. The lowest BCUT2D eigenvalue weighted by atomic mass is 10.2. The predicted molar refractivity (Wildman–Crippen MR) is 105 cm³/mol. The Kier molecular flexibility index (Phi) is 6.21. The van der Waals surface area contributed by atoms with Gasteiger partial charge >= 0.3 is 5.97 Å². The second kappa shape index (κ2) is 8.62. The molecule has 2 heterocycles. The van der Waals surface area contributed by atoms with E-state index < -0.39 is 5.97 Å². The van der Waals surface area contributed by atoms with Gasteiger partial charge < -0.3 is 29.4 Å². The van der Waals surface area contributed by atoms with Crippen molar-refractivity contribution in [1.29, 1.82) is 0 Å². The minimum Gasteiger partial charge on any atom is -0.497 e. The number of carbonyl (C=O) groups excluding carboxylic acids is 2. The van der Waals surface area contributed by atoms with Gasteiger partial charge in [0.1, 0.15) is 36.7 Å². The van der Waals surface area contributed by atoms with Gasteiger partial charge in [0.25, 0.3) is 5.91 Å². The van der Waals surface area contributed by atoms with Crippen molar-refractivity contribution >= 4 is 28.5 Å². The summed E-state index contributed by atoms with van der Waals surface area (Å²) in [5, 5.41) is 3.62. The zero-order valence-corrected chi connectivity index (χ0v) is 16.8. The topological polar surface area (TPSA) is 94.1 Å². The summed E-state index contributed by atoms with van der Waals surface area (Å²) in [5.41, 5.74) is 1.38. The van der Waals surface area contributed by atoms with Gasteiger partial charge in [-0.25, -0.2) is 4.79 Å². The molecule has 8 heteroatoms. The summed E-state index contributed by atoms with van der Waals surface area (Å²) >= 11 is 0. The Morgan fingerprint density at radius 3 is 2.64 bits per heavy atom. The summed E-state index contributed by atoms with van der Waals surface area (Å²) in [6.07, 6.45) is 0.220. The van der Waals surface area contributed by atoms with E-state index >= 15 is 0 Å². The van der Waals surface area contributed by atoms with Crippen LogP contribution in [0.4, 0.5) is 5.69 Å². The van der Waals surface area contributed by atoms with Crippen LogP contribution < -0.4 is 15.0 Å². The van der Waals surface area contributed by atoms with Crippen LogP contribution in [0.1, 0.15) is 31.3 Å². The molecular weight excluding hydrogens is 362 g/mol. The molecule has 0 radical (unpaired) electrons. The van der Waals surface area contributed by atoms with Crippen LogP contribution in [-0.4, -0.2) is 62.4 Å². The molecule has 0 unspecified atom stereocenters. The van der Waals surface area contributed by atoms with E-state index in [9.17, 15) is 9.59 Å². The zero-order valence-electron chi connectivity index (χ0n) is 16.8. The van der Waals surface area contributed by atoms with E-state index in [0.717, 1.165) is 23.5 Å². The number of nitrogens with one attached hydrogen (secondary N) is 3. The highest BCUT2D eigenvalue weighted by Gasteiger charge is 2.28. The van der Waals surface area contributed by atoms with E-state index in [0.29, 0.717) is 23.4 Å². The Bertz CT molecular complexity index is 853. The molecule has 1 aliphatic heterocycles. The molecule has 1 aromatic carbocycles. The van der Waals surface area contributed by atoms with Crippen LogP contribution in [0.2, 0.25) is 0 Å². The van der Waals surface area contributed by atoms with Gasteiger partial charge in [0.2, 0.25) is 0 Å². The molecule has 1 aromatic heterocycles. The Morgan fingerprint density at radius 1 is 1.29 bits per heavy atom. The van der Waals surface area contributed by atoms with Gasteiger partial charge in [-0.2, -0.15) is 0 Å². The smallest absolute Gasteiger partial charge is 0.356 e. The third-order valence-electron chi connectivity index (χ3n) is 4.78. The van der Waals surface area contributed by atoms with Crippen molar-refractivity contribution < 1.29 is 28.7 Å². The molecule has 2 atom stereocenters. The quantitative estimate of drug-likeness (QED) is 0.640. The molecule has 2 aromatic rings. The molecule has 3 rings (SSSR count). The molecule has 28 heavy (non-hydrogen) atoms. The van der Waals surface area contributed by atoms with Crippen molar-refractivity contribution in [2.75, 3.05) is 38.7 Å². The van der Waals surface area contributed by atoms with Crippen LogP contribution in [0.25, 0.3) is 10.9 Å². The van der Waals surface area contributed by atoms with Crippen molar-refractivity contribution in [3.63, 3.8) is 0 Å². The number of esters is 1. The number of benzene rings is 1. The molecule has 3 N–H and O–H groups in total. The molecule has 1 amide bonds. The predicted octanol–water partition coefficient (Wildman–Crippen LogP) is 0.984. The van der Waals surface area contributed by atoms with Crippen LogP contribution in [0.3, 0.4) is 0 Å². The van der Waals surface area contributed by atoms with Crippen LogP contribution in [-0.2, 0) is 14.3 Å². The van der Waals surface area contributed by atoms with Gasteiger partial charge in [-0.3, -0.25) is 4.79 Å². The largest absolute Gasteiger partial charge is 0.497 e. The van der Waals surface area contributed by atoms with Crippen molar-refractivity contribution in [3.8, 4) is 5.75 Å². The summed E-state index contributed by atoms with van der Waals surface area (Å²) < 4.78 is 16.2. The summed E-state index contributed by atoms with van der Waals surface area (Å²) in [6.45, 7) is 7.85. The number of fused-ring (bicyclic) bond motifs is 1. The third kappa shape index (κ3) is 4.45. The maximum Gasteiger partial charge on any atom is 0.356 e. The molecule has 1 aliphatic rings. The normalized spacial score (nSPS) is 22.1. The van der Waals surface area contributed by atoms with Crippen molar-refractivity contribution in [2.45, 2.75) is 33.0 Å². The van der Waals surface area contributed by atoms with Crippen LogP contribution in [0.5, 0.6) is 5.75 Å². The summed E-state index contributed by atoms with van der Waals surface area (Å²) in [5.74, 6) is -0.0293. The first-order chi connectivity index (χ1) is 13.4. The Balaban J connectivity index is 1.86. The standard InChI is InChI=1S/C20H27N3O5/c1-5-27-20(25)19-18(15-8-14(26-4)6-7-16(15)21-19)22-17(24)11-23-9-12(2)28-13(3)10-23/h6-8,12-13,21H,5,9-11H2,1-4H3,(H,22,24)/p+1/t12-,13-/m0/s1. The number of hydrogen-bond donors (Lipinski definition) is 3. The fourth-order valence-corrected chi connectivity index (χ4v) is 3.73. The number of anilines is 1. The Labute approximate surface area is 164 Å². The molecule has 0 spiro atoms. The summed E-state index contributed by atoms with van der Waals surface area (Å²) in [6, 6.07) is 5.39. The van der Waals surface area contributed by atoms with E-state index in [1.165, 1.54) is 0 Å². The maximum absolute atomic E-state index is 12.8. The number of quaternary nitrogens is 1. The molecule has 0 aliphatic carbocycles. The van der Waals surface area contributed by atoms with Gasteiger partial charge in [-0.1, -0.05) is 0 Å². The van der Waals surface area contributed by atoms with E-state index in [2.05, 4.69) is 10.3 Å². The molecular formula is C20H28N3O5+. The number of methoxy groups -OCH3 is 1. The average Bonchev–Trinajstić information content (AvgIpc) is 2.98. The van der Waals surface area contributed by atoms with Gasteiger partial charge in [0.15, 0.2) is 6.54 Å². The van der Waals surface area contributed by atoms with Crippen LogP contribution in [0, 0.1) is 0 Å². The highest BCUT2D eigenvalue weighted by atomic mass is 16.5. The minimum atomic E-state index is -0.506. The number of aromatic amines is 1. The van der Waals surface area contributed by atoms with Crippen molar-refractivity contribution in [1.82, 2.24) is 4.98 Å².